The minimum Gasteiger partial charge on any atom is -0.324 e. The number of nitro benzene ring substituents is 1. The molecule has 1 fully saturated rings. The van der Waals surface area contributed by atoms with Gasteiger partial charge in [0.1, 0.15) is 12.5 Å². The van der Waals surface area contributed by atoms with Crippen molar-refractivity contribution in [2.24, 2.45) is 0 Å². The fourth-order valence-corrected chi connectivity index (χ4v) is 3.02. The molecule has 9 heteroatoms. The summed E-state index contributed by atoms with van der Waals surface area (Å²) in [5.41, 5.74) is 0.143. The van der Waals surface area contributed by atoms with E-state index >= 15 is 0 Å². The smallest absolute Gasteiger partial charge is 0.270 e. The normalized spacial score (nSPS) is 13.7. The number of hydrogen-bond acceptors (Lipinski definition) is 4. The molecule has 1 aliphatic rings. The van der Waals surface area contributed by atoms with Gasteiger partial charge in [0.25, 0.3) is 11.6 Å². The number of rotatable bonds is 5. The molecule has 2 aromatic rings. The number of hydrogen-bond donors (Lipinski definition) is 0. The lowest BCUT2D eigenvalue weighted by molar-refractivity contribution is -0.384. The van der Waals surface area contributed by atoms with Gasteiger partial charge < -0.3 is 4.90 Å². The van der Waals surface area contributed by atoms with E-state index in [4.69, 9.17) is 11.6 Å². The van der Waals surface area contributed by atoms with E-state index in [0.29, 0.717) is 19.4 Å². The summed E-state index contributed by atoms with van der Waals surface area (Å²) in [6, 6.07) is 9.06. The molecule has 0 spiro atoms. The van der Waals surface area contributed by atoms with Crippen LogP contribution in [0.3, 0.4) is 0 Å². The summed E-state index contributed by atoms with van der Waals surface area (Å²) < 4.78 is 13.5. The van der Waals surface area contributed by atoms with Crippen LogP contribution in [0.25, 0.3) is 0 Å². The Kier molecular flexibility index (Phi) is 5.36. The van der Waals surface area contributed by atoms with Gasteiger partial charge in [0.15, 0.2) is 0 Å². The highest BCUT2D eigenvalue weighted by Crippen LogP contribution is 2.26. The van der Waals surface area contributed by atoms with Crippen molar-refractivity contribution < 1.29 is 18.9 Å². The molecule has 3 rings (SSSR count). The first-order valence-corrected chi connectivity index (χ1v) is 8.54. The lowest BCUT2D eigenvalue weighted by Gasteiger charge is -2.28. The van der Waals surface area contributed by atoms with E-state index < -0.39 is 16.6 Å². The molecule has 7 nitrogen and oxygen atoms in total. The lowest BCUT2D eigenvalue weighted by atomic mass is 10.1. The first-order chi connectivity index (χ1) is 12.9. The summed E-state index contributed by atoms with van der Waals surface area (Å²) >= 11 is 5.84. The van der Waals surface area contributed by atoms with Gasteiger partial charge in [0, 0.05) is 36.3 Å². The van der Waals surface area contributed by atoms with Gasteiger partial charge in [-0.25, -0.2) is 4.39 Å². The van der Waals surface area contributed by atoms with Crippen molar-refractivity contribution in [1.82, 2.24) is 4.90 Å². The highest BCUT2D eigenvalue weighted by atomic mass is 35.5. The molecule has 1 heterocycles. The van der Waals surface area contributed by atoms with Crippen molar-refractivity contribution in [3.63, 3.8) is 0 Å². The van der Waals surface area contributed by atoms with E-state index in [1.807, 2.05) is 0 Å². The largest absolute Gasteiger partial charge is 0.324 e. The molecule has 140 valence electrons. The van der Waals surface area contributed by atoms with E-state index in [1.165, 1.54) is 40.1 Å². The van der Waals surface area contributed by atoms with Gasteiger partial charge >= 0.3 is 0 Å². The van der Waals surface area contributed by atoms with Crippen LogP contribution in [0.1, 0.15) is 23.2 Å². The third-order valence-corrected chi connectivity index (χ3v) is 4.54. The molecular formula is C18H15ClFN3O4. The molecule has 0 saturated carbocycles. The van der Waals surface area contributed by atoms with Crippen LogP contribution in [0.4, 0.5) is 15.8 Å². The van der Waals surface area contributed by atoms with E-state index in [-0.39, 0.29) is 34.5 Å². The third kappa shape index (κ3) is 4.06. The monoisotopic (exact) mass is 391 g/mol. The Morgan fingerprint density at radius 2 is 2.07 bits per heavy atom. The van der Waals surface area contributed by atoms with Crippen molar-refractivity contribution in [1.29, 1.82) is 0 Å². The van der Waals surface area contributed by atoms with Crippen molar-refractivity contribution in [3.05, 3.63) is 69.0 Å². The van der Waals surface area contributed by atoms with E-state index in [2.05, 4.69) is 0 Å². The van der Waals surface area contributed by atoms with Crippen molar-refractivity contribution >= 4 is 34.8 Å². The summed E-state index contributed by atoms with van der Waals surface area (Å²) in [5, 5.41) is 10.8. The van der Waals surface area contributed by atoms with Crippen LogP contribution in [-0.4, -0.2) is 34.9 Å². The average molecular weight is 392 g/mol. The molecular weight excluding hydrogens is 377 g/mol. The fourth-order valence-electron chi connectivity index (χ4n) is 2.85. The summed E-state index contributed by atoms with van der Waals surface area (Å²) in [6.45, 7) is 0.439. The molecule has 0 aliphatic carbocycles. The Labute approximate surface area is 159 Å². The Bertz CT molecular complexity index is 921. The first-order valence-electron chi connectivity index (χ1n) is 8.16. The highest BCUT2D eigenvalue weighted by molar-refractivity contribution is 6.31. The van der Waals surface area contributed by atoms with Crippen LogP contribution in [0.5, 0.6) is 0 Å². The summed E-state index contributed by atoms with van der Waals surface area (Å²) in [7, 11) is 0. The van der Waals surface area contributed by atoms with Gasteiger partial charge in [-0.1, -0.05) is 17.7 Å². The second-order valence-electron chi connectivity index (χ2n) is 6.04. The van der Waals surface area contributed by atoms with Crippen LogP contribution in [0.2, 0.25) is 5.02 Å². The van der Waals surface area contributed by atoms with Gasteiger partial charge in [-0.3, -0.25) is 24.6 Å². The summed E-state index contributed by atoms with van der Waals surface area (Å²) in [5.74, 6) is -1.29. The Hall–Kier alpha value is -3.00. The van der Waals surface area contributed by atoms with E-state index in [9.17, 15) is 24.1 Å². The standard InChI is InChI=1S/C18H15ClFN3O4/c19-15-10-13(6-7-16(15)20)22(11-21-8-2-5-17(21)24)18(25)12-3-1-4-14(9-12)23(26)27/h1,3-4,6-7,9-10H,2,5,8,11H2. The number of non-ortho nitro benzene ring substituents is 1. The molecule has 0 N–H and O–H groups in total. The maximum Gasteiger partial charge on any atom is 0.270 e. The quantitative estimate of drug-likeness (QED) is 0.575. The van der Waals surface area contributed by atoms with Crippen LogP contribution in [0, 0.1) is 15.9 Å². The molecule has 0 bridgehead atoms. The number of nitro groups is 1. The molecule has 27 heavy (non-hydrogen) atoms. The molecule has 0 unspecified atom stereocenters. The zero-order valence-electron chi connectivity index (χ0n) is 14.1. The molecule has 2 amide bonds. The van der Waals surface area contributed by atoms with E-state index in [0.717, 1.165) is 12.1 Å². The van der Waals surface area contributed by atoms with Gasteiger partial charge in [0.05, 0.1) is 9.95 Å². The maximum atomic E-state index is 13.5. The fraction of sp³-hybridized carbons (Fsp3) is 0.222. The van der Waals surface area contributed by atoms with E-state index in [1.54, 1.807) is 0 Å². The molecule has 1 aliphatic heterocycles. The first kappa shape index (κ1) is 18.8. The van der Waals surface area contributed by atoms with Gasteiger partial charge in [-0.05, 0) is 30.7 Å². The number of carbonyl (C=O) groups is 2. The highest BCUT2D eigenvalue weighted by Gasteiger charge is 2.27. The minimum absolute atomic E-state index is 0.0533. The zero-order chi connectivity index (χ0) is 19.6. The topological polar surface area (TPSA) is 83.8 Å². The van der Waals surface area contributed by atoms with Crippen LogP contribution in [0.15, 0.2) is 42.5 Å². The number of anilines is 1. The third-order valence-electron chi connectivity index (χ3n) is 4.25. The Balaban J connectivity index is 1.98. The predicted octanol–water partition coefficient (Wildman–Crippen LogP) is 3.61. The van der Waals surface area contributed by atoms with Gasteiger partial charge in [0.2, 0.25) is 5.91 Å². The molecule has 0 aromatic heterocycles. The molecule has 1 saturated heterocycles. The molecule has 0 atom stereocenters. The number of amides is 2. The van der Waals surface area contributed by atoms with Gasteiger partial charge in [-0.15, -0.1) is 0 Å². The summed E-state index contributed by atoms with van der Waals surface area (Å²) in [6.07, 6.45) is 1.07. The number of halogens is 2. The SMILES string of the molecule is O=C1CCCN1CN(C(=O)c1cccc([N+](=O)[O-])c1)c1ccc(F)c(Cl)c1. The zero-order valence-corrected chi connectivity index (χ0v) is 14.9. The van der Waals surface area contributed by atoms with Gasteiger partial charge in [-0.2, -0.15) is 0 Å². The Morgan fingerprint density at radius 1 is 1.30 bits per heavy atom. The Morgan fingerprint density at radius 3 is 2.70 bits per heavy atom. The second-order valence-corrected chi connectivity index (χ2v) is 6.45. The second kappa shape index (κ2) is 7.71. The average Bonchev–Trinajstić information content (AvgIpc) is 3.06. The van der Waals surface area contributed by atoms with Crippen LogP contribution >= 0.6 is 11.6 Å². The van der Waals surface area contributed by atoms with Crippen molar-refractivity contribution in [3.8, 4) is 0 Å². The maximum absolute atomic E-state index is 13.5. The van der Waals surface area contributed by atoms with Crippen molar-refractivity contribution in [2.45, 2.75) is 12.8 Å². The van der Waals surface area contributed by atoms with Crippen LogP contribution < -0.4 is 4.90 Å². The lowest BCUT2D eigenvalue weighted by Crippen LogP contribution is -2.42. The summed E-state index contributed by atoms with van der Waals surface area (Å²) in [4.78, 5) is 38.2. The number of likely N-dealkylation sites (tertiary alicyclic amines) is 1. The van der Waals surface area contributed by atoms with Crippen molar-refractivity contribution in [2.75, 3.05) is 18.1 Å². The van der Waals surface area contributed by atoms with Crippen LogP contribution in [-0.2, 0) is 4.79 Å². The molecule has 0 radical (unpaired) electrons. The number of nitrogens with zero attached hydrogens (tertiary/aromatic N) is 3. The molecule has 2 aromatic carbocycles. The number of carbonyl (C=O) groups excluding carboxylic acids is 2. The minimum atomic E-state index is -0.639. The predicted molar refractivity (Wildman–Crippen MR) is 97.1 cm³/mol. The number of benzene rings is 2.